The lowest BCUT2D eigenvalue weighted by atomic mass is 10.1. The van der Waals surface area contributed by atoms with Crippen LogP contribution in [0.15, 0.2) is 36.4 Å². The highest BCUT2D eigenvalue weighted by Gasteiger charge is 2.03. The van der Waals surface area contributed by atoms with Crippen LogP contribution in [0.1, 0.15) is 78.1 Å². The average Bonchev–Trinajstić information content (AvgIpc) is 2.74. The van der Waals surface area contributed by atoms with Crippen molar-refractivity contribution in [1.29, 1.82) is 0 Å². The first-order valence-corrected chi connectivity index (χ1v) is 11.0. The number of ether oxygens (including phenoxy) is 2. The fraction of sp³-hybridized carbons (Fsp3) is 0.583. The molecule has 0 atom stereocenters. The van der Waals surface area contributed by atoms with E-state index >= 15 is 0 Å². The van der Waals surface area contributed by atoms with E-state index in [1.807, 2.05) is 36.4 Å². The lowest BCUT2D eigenvalue weighted by Crippen LogP contribution is -2.00. The molecule has 0 N–H and O–H groups in total. The van der Waals surface area contributed by atoms with Gasteiger partial charge in [0.2, 0.25) is 5.88 Å². The standard InChI is InChI=1S/C24H36N2O2/c1-3-5-7-9-10-12-19-27-22-15-13-21(14-16-22)23-17-18-24(26-25-23)28-20-11-8-6-4-2/h13-18H,3-12,19-20H2,1-2H3. The first kappa shape index (κ1) is 22.2. The second kappa shape index (κ2) is 14.0. The van der Waals surface area contributed by atoms with Gasteiger partial charge >= 0.3 is 0 Å². The van der Waals surface area contributed by atoms with Crippen LogP contribution in [0.5, 0.6) is 11.6 Å². The number of rotatable bonds is 15. The normalized spacial score (nSPS) is 10.8. The summed E-state index contributed by atoms with van der Waals surface area (Å²) in [6.07, 6.45) is 12.4. The van der Waals surface area contributed by atoms with Crippen molar-refractivity contribution in [3.8, 4) is 22.9 Å². The quantitative estimate of drug-likeness (QED) is 0.315. The maximum Gasteiger partial charge on any atom is 0.233 e. The summed E-state index contributed by atoms with van der Waals surface area (Å²) in [5, 5.41) is 8.47. The van der Waals surface area contributed by atoms with E-state index in [4.69, 9.17) is 9.47 Å². The van der Waals surface area contributed by atoms with Crippen LogP contribution < -0.4 is 9.47 Å². The molecule has 2 aromatic rings. The highest BCUT2D eigenvalue weighted by atomic mass is 16.5. The lowest BCUT2D eigenvalue weighted by Gasteiger charge is -2.08. The third kappa shape index (κ3) is 8.73. The predicted octanol–water partition coefficient (Wildman–Crippen LogP) is 6.84. The molecule has 28 heavy (non-hydrogen) atoms. The minimum Gasteiger partial charge on any atom is -0.494 e. The Morgan fingerprint density at radius 3 is 1.86 bits per heavy atom. The van der Waals surface area contributed by atoms with Gasteiger partial charge < -0.3 is 9.47 Å². The third-order valence-electron chi connectivity index (χ3n) is 4.80. The maximum atomic E-state index is 5.84. The fourth-order valence-corrected chi connectivity index (χ4v) is 3.05. The second-order valence-electron chi connectivity index (χ2n) is 7.31. The molecule has 1 aromatic carbocycles. The van der Waals surface area contributed by atoms with Crippen molar-refractivity contribution < 1.29 is 9.47 Å². The van der Waals surface area contributed by atoms with Crippen LogP contribution in [-0.2, 0) is 0 Å². The van der Waals surface area contributed by atoms with E-state index in [0.29, 0.717) is 12.5 Å². The summed E-state index contributed by atoms with van der Waals surface area (Å²) in [6.45, 7) is 5.95. The summed E-state index contributed by atoms with van der Waals surface area (Å²) >= 11 is 0. The highest BCUT2D eigenvalue weighted by molar-refractivity contribution is 5.59. The molecule has 0 aliphatic carbocycles. The number of hydrogen-bond acceptors (Lipinski definition) is 4. The summed E-state index contributed by atoms with van der Waals surface area (Å²) in [6, 6.07) is 11.9. The molecule has 0 fully saturated rings. The van der Waals surface area contributed by atoms with E-state index < -0.39 is 0 Å². The number of unbranched alkanes of at least 4 members (excludes halogenated alkanes) is 8. The summed E-state index contributed by atoms with van der Waals surface area (Å²) < 4.78 is 11.5. The van der Waals surface area contributed by atoms with Gasteiger partial charge in [-0.25, -0.2) is 0 Å². The molecule has 0 bridgehead atoms. The maximum absolute atomic E-state index is 5.84. The third-order valence-corrected chi connectivity index (χ3v) is 4.80. The molecule has 0 amide bonds. The van der Waals surface area contributed by atoms with Crippen molar-refractivity contribution in [2.45, 2.75) is 78.1 Å². The minimum absolute atomic E-state index is 0.596. The zero-order chi connectivity index (χ0) is 19.9. The first-order valence-electron chi connectivity index (χ1n) is 11.0. The van der Waals surface area contributed by atoms with Crippen LogP contribution in [0, 0.1) is 0 Å². The molecule has 1 heterocycles. The van der Waals surface area contributed by atoms with E-state index in [2.05, 4.69) is 24.0 Å². The van der Waals surface area contributed by atoms with Gasteiger partial charge in [0.05, 0.1) is 18.9 Å². The van der Waals surface area contributed by atoms with Gasteiger partial charge in [-0.3, -0.25) is 0 Å². The zero-order valence-electron chi connectivity index (χ0n) is 17.7. The Bertz CT molecular complexity index is 626. The summed E-state index contributed by atoms with van der Waals surface area (Å²) in [5.74, 6) is 1.51. The van der Waals surface area contributed by atoms with E-state index in [1.54, 1.807) is 0 Å². The Hall–Kier alpha value is -2.10. The molecule has 2 rings (SSSR count). The van der Waals surface area contributed by atoms with E-state index in [0.717, 1.165) is 36.5 Å². The van der Waals surface area contributed by atoms with Crippen LogP contribution in [0.2, 0.25) is 0 Å². The van der Waals surface area contributed by atoms with Crippen LogP contribution >= 0.6 is 0 Å². The van der Waals surface area contributed by atoms with E-state index in [1.165, 1.54) is 51.4 Å². The molecule has 0 saturated carbocycles. The molecule has 0 saturated heterocycles. The summed E-state index contributed by atoms with van der Waals surface area (Å²) in [4.78, 5) is 0. The van der Waals surface area contributed by atoms with Crippen LogP contribution in [0.4, 0.5) is 0 Å². The Morgan fingerprint density at radius 2 is 1.21 bits per heavy atom. The van der Waals surface area contributed by atoms with Gasteiger partial charge in [-0.1, -0.05) is 65.2 Å². The summed E-state index contributed by atoms with van der Waals surface area (Å²) in [5.41, 5.74) is 1.88. The number of benzene rings is 1. The van der Waals surface area contributed by atoms with Crippen molar-refractivity contribution >= 4 is 0 Å². The molecule has 4 nitrogen and oxygen atoms in total. The number of nitrogens with zero attached hydrogens (tertiary/aromatic N) is 2. The molecule has 0 spiro atoms. The van der Waals surface area contributed by atoms with E-state index in [9.17, 15) is 0 Å². The predicted molar refractivity (Wildman–Crippen MR) is 116 cm³/mol. The van der Waals surface area contributed by atoms with Gasteiger partial charge in [0.1, 0.15) is 5.75 Å². The summed E-state index contributed by atoms with van der Waals surface area (Å²) in [7, 11) is 0. The van der Waals surface area contributed by atoms with Crippen molar-refractivity contribution in [2.24, 2.45) is 0 Å². The average molecular weight is 385 g/mol. The van der Waals surface area contributed by atoms with Crippen LogP contribution in [-0.4, -0.2) is 23.4 Å². The monoisotopic (exact) mass is 384 g/mol. The minimum atomic E-state index is 0.596. The molecule has 0 aliphatic heterocycles. The van der Waals surface area contributed by atoms with Crippen molar-refractivity contribution in [3.05, 3.63) is 36.4 Å². The fourth-order valence-electron chi connectivity index (χ4n) is 3.05. The van der Waals surface area contributed by atoms with Gasteiger partial charge in [-0.2, -0.15) is 0 Å². The second-order valence-corrected chi connectivity index (χ2v) is 7.31. The molecule has 4 heteroatoms. The molecular weight excluding hydrogens is 348 g/mol. The molecule has 0 unspecified atom stereocenters. The molecule has 1 aromatic heterocycles. The smallest absolute Gasteiger partial charge is 0.233 e. The molecular formula is C24H36N2O2. The Balaban J connectivity index is 1.70. The molecule has 0 radical (unpaired) electrons. The largest absolute Gasteiger partial charge is 0.494 e. The number of aromatic nitrogens is 2. The SMILES string of the molecule is CCCCCCCCOc1ccc(-c2ccc(OCCCCCC)nn2)cc1. The number of hydrogen-bond donors (Lipinski definition) is 0. The van der Waals surface area contributed by atoms with Crippen molar-refractivity contribution in [1.82, 2.24) is 10.2 Å². The first-order chi connectivity index (χ1) is 13.8. The Kier molecular flexibility index (Phi) is 11.1. The Labute approximate surface area is 170 Å². The molecule has 0 aliphatic rings. The molecule has 154 valence electrons. The van der Waals surface area contributed by atoms with Gasteiger partial charge in [0, 0.05) is 11.6 Å². The van der Waals surface area contributed by atoms with Crippen LogP contribution in [0.25, 0.3) is 11.3 Å². The lowest BCUT2D eigenvalue weighted by molar-refractivity contribution is 0.290. The zero-order valence-corrected chi connectivity index (χ0v) is 17.7. The van der Waals surface area contributed by atoms with Gasteiger partial charge in [0.25, 0.3) is 0 Å². The Morgan fingerprint density at radius 1 is 0.607 bits per heavy atom. The van der Waals surface area contributed by atoms with Crippen molar-refractivity contribution in [3.63, 3.8) is 0 Å². The van der Waals surface area contributed by atoms with Gasteiger partial charge in [0.15, 0.2) is 0 Å². The van der Waals surface area contributed by atoms with E-state index in [-0.39, 0.29) is 0 Å². The van der Waals surface area contributed by atoms with Gasteiger partial charge in [-0.15, -0.1) is 10.2 Å². The van der Waals surface area contributed by atoms with Gasteiger partial charge in [-0.05, 0) is 43.2 Å². The topological polar surface area (TPSA) is 44.2 Å². The van der Waals surface area contributed by atoms with Crippen LogP contribution in [0.3, 0.4) is 0 Å². The highest BCUT2D eigenvalue weighted by Crippen LogP contribution is 2.21. The van der Waals surface area contributed by atoms with Crippen molar-refractivity contribution in [2.75, 3.05) is 13.2 Å².